The van der Waals surface area contributed by atoms with Crippen molar-refractivity contribution in [3.8, 4) is 11.5 Å². The van der Waals surface area contributed by atoms with E-state index in [2.05, 4.69) is 32.6 Å². The number of hydrogen-bond acceptors (Lipinski definition) is 5. The quantitative estimate of drug-likeness (QED) is 0.0388. The Morgan fingerprint density at radius 3 is 1.06 bits per heavy atom. The number of carbonyl (C=O) groups excluding carboxylic acids is 2. The van der Waals surface area contributed by atoms with Crippen LogP contribution in [0.2, 0.25) is 0 Å². The minimum Gasteiger partial charge on any atom is -0.426 e. The Labute approximate surface area is 335 Å². The lowest BCUT2D eigenvalue weighted by atomic mass is 9.90. The van der Waals surface area contributed by atoms with Crippen molar-refractivity contribution in [2.75, 3.05) is 14.1 Å². The van der Waals surface area contributed by atoms with E-state index in [1.54, 1.807) is 6.07 Å². The fraction of sp³-hybridized carbons (Fsp3) is 0.837. The molecule has 0 amide bonds. The Morgan fingerprint density at radius 1 is 0.463 bits per heavy atom. The second kappa shape index (κ2) is 33.3. The Hall–Kier alpha value is -1.88. The predicted molar refractivity (Wildman–Crippen MR) is 232 cm³/mol. The van der Waals surface area contributed by atoms with Crippen molar-refractivity contribution in [2.45, 2.75) is 228 Å². The minimum atomic E-state index is -0.206. The zero-order valence-corrected chi connectivity index (χ0v) is 37.1. The summed E-state index contributed by atoms with van der Waals surface area (Å²) in [7, 11) is 4.01. The van der Waals surface area contributed by atoms with Crippen molar-refractivity contribution in [3.05, 3.63) is 23.8 Å². The highest BCUT2D eigenvalue weighted by Gasteiger charge is 2.19. The number of nitrogens with zero attached hydrogens (tertiary/aromatic N) is 1. The number of carbonyl (C=O) groups is 2. The maximum Gasteiger partial charge on any atom is 0.314 e. The maximum atomic E-state index is 13.2. The van der Waals surface area contributed by atoms with E-state index >= 15 is 0 Å². The predicted octanol–water partition coefficient (Wildman–Crippen LogP) is 15.1. The first kappa shape index (κ1) is 50.1. The molecule has 0 saturated carbocycles. The van der Waals surface area contributed by atoms with Gasteiger partial charge in [0.2, 0.25) is 0 Å². The van der Waals surface area contributed by atoms with Gasteiger partial charge in [-0.2, -0.15) is 0 Å². The average molecular weight is 756 g/mol. The summed E-state index contributed by atoms with van der Waals surface area (Å²) in [5.74, 6) is 1.96. The number of unbranched alkanes of at least 4 members (excludes halogenated alkanes) is 14. The maximum absolute atomic E-state index is 13.2. The highest BCUT2D eigenvalue weighted by molar-refractivity contribution is 5.76. The van der Waals surface area contributed by atoms with Crippen LogP contribution in [0.4, 0.5) is 0 Å². The second-order valence-corrected chi connectivity index (χ2v) is 17.4. The molecule has 1 aromatic rings. The van der Waals surface area contributed by atoms with Gasteiger partial charge in [-0.05, 0) is 56.5 Å². The summed E-state index contributed by atoms with van der Waals surface area (Å²) in [6, 6.07) is 5.52. The summed E-state index contributed by atoms with van der Waals surface area (Å²) in [5.41, 5.74) is 0.957. The van der Waals surface area contributed by atoms with E-state index in [1.807, 2.05) is 40.1 Å². The lowest BCUT2D eigenvalue weighted by Gasteiger charge is -2.17. The van der Waals surface area contributed by atoms with Gasteiger partial charge in [-0.1, -0.05) is 208 Å². The zero-order valence-electron chi connectivity index (χ0n) is 37.1. The molecule has 1 aromatic carbocycles. The molecule has 5 nitrogen and oxygen atoms in total. The van der Waals surface area contributed by atoms with Gasteiger partial charge in [0, 0.05) is 12.6 Å². The summed E-state index contributed by atoms with van der Waals surface area (Å²) in [5, 5.41) is 0. The van der Waals surface area contributed by atoms with E-state index in [-0.39, 0.29) is 23.8 Å². The van der Waals surface area contributed by atoms with Crippen LogP contribution in [0.1, 0.15) is 227 Å². The fourth-order valence-electron chi connectivity index (χ4n) is 7.95. The van der Waals surface area contributed by atoms with Crippen molar-refractivity contribution < 1.29 is 19.1 Å². The zero-order chi connectivity index (χ0) is 39.8. The van der Waals surface area contributed by atoms with Crippen LogP contribution in [0.3, 0.4) is 0 Å². The number of benzene rings is 1. The number of rotatable bonds is 36. The lowest BCUT2D eigenvalue weighted by Crippen LogP contribution is -2.20. The molecule has 5 heteroatoms. The Bertz CT molecular complexity index is 960. The summed E-state index contributed by atoms with van der Waals surface area (Å²) >= 11 is 0. The summed E-state index contributed by atoms with van der Waals surface area (Å²) in [6.45, 7) is 13.8. The normalized spacial score (nSPS) is 12.9. The molecule has 314 valence electrons. The molecule has 0 bridgehead atoms. The highest BCUT2D eigenvalue weighted by atomic mass is 16.5. The van der Waals surface area contributed by atoms with Gasteiger partial charge in [0.1, 0.15) is 11.5 Å². The van der Waals surface area contributed by atoms with Gasteiger partial charge in [-0.3, -0.25) is 9.59 Å². The number of ether oxygens (including phenoxy) is 2. The monoisotopic (exact) mass is 756 g/mol. The van der Waals surface area contributed by atoms with Crippen molar-refractivity contribution in [1.82, 2.24) is 4.90 Å². The molecular formula is C49H89NO4. The highest BCUT2D eigenvalue weighted by Crippen LogP contribution is 2.28. The molecular weight excluding hydrogens is 667 g/mol. The van der Waals surface area contributed by atoms with Gasteiger partial charge in [-0.15, -0.1) is 0 Å². The van der Waals surface area contributed by atoms with Crippen molar-refractivity contribution in [1.29, 1.82) is 0 Å². The van der Waals surface area contributed by atoms with Crippen LogP contribution in [0.25, 0.3) is 0 Å². The van der Waals surface area contributed by atoms with Crippen LogP contribution < -0.4 is 9.47 Å². The molecule has 0 heterocycles. The third kappa shape index (κ3) is 26.1. The third-order valence-electron chi connectivity index (χ3n) is 11.5. The van der Waals surface area contributed by atoms with Gasteiger partial charge < -0.3 is 14.4 Å². The second-order valence-electron chi connectivity index (χ2n) is 17.4. The third-order valence-corrected chi connectivity index (χ3v) is 11.5. The van der Waals surface area contributed by atoms with Crippen LogP contribution in [-0.2, 0) is 16.1 Å². The molecule has 0 aliphatic carbocycles. The van der Waals surface area contributed by atoms with Crippen LogP contribution in [0.5, 0.6) is 11.5 Å². The molecule has 54 heavy (non-hydrogen) atoms. The van der Waals surface area contributed by atoms with Crippen LogP contribution in [-0.4, -0.2) is 30.9 Å². The van der Waals surface area contributed by atoms with Crippen LogP contribution >= 0.6 is 0 Å². The topological polar surface area (TPSA) is 55.8 Å². The van der Waals surface area contributed by atoms with E-state index < -0.39 is 0 Å². The van der Waals surface area contributed by atoms with E-state index in [0.29, 0.717) is 18.0 Å². The first-order chi connectivity index (χ1) is 26.1. The number of hydrogen-bond donors (Lipinski definition) is 0. The van der Waals surface area contributed by atoms with Gasteiger partial charge in [0.25, 0.3) is 0 Å². The van der Waals surface area contributed by atoms with Crippen molar-refractivity contribution >= 4 is 11.9 Å². The summed E-state index contributed by atoms with van der Waals surface area (Å²) < 4.78 is 11.8. The largest absolute Gasteiger partial charge is 0.426 e. The Kier molecular flexibility index (Phi) is 30.9. The van der Waals surface area contributed by atoms with Gasteiger partial charge >= 0.3 is 11.9 Å². The van der Waals surface area contributed by atoms with Crippen molar-refractivity contribution in [2.24, 2.45) is 23.7 Å². The molecule has 2 atom stereocenters. The smallest absolute Gasteiger partial charge is 0.314 e. The molecule has 0 fully saturated rings. The van der Waals surface area contributed by atoms with E-state index in [0.717, 1.165) is 43.1 Å². The molecule has 0 spiro atoms. The summed E-state index contributed by atoms with van der Waals surface area (Å²) in [6.07, 6.45) is 35.7. The standard InChI is InChI=1S/C49H89NO4/c1-9-13-21-31-43(32-22-14-10-2)35-27-19-17-25-29-41(5)48(51)53-46-37-45(40-50(7)8)38-47(39-46)54-49(52)42(6)30-26-18-20-28-36-44(33-23-15-11-3)34-24-16-12-4/h37-39,41-44H,9-36,40H2,1-8H3. The molecule has 2 unspecified atom stereocenters. The van der Waals surface area contributed by atoms with Crippen LogP contribution in [0.15, 0.2) is 18.2 Å². The van der Waals surface area contributed by atoms with E-state index in [4.69, 9.17) is 9.47 Å². The van der Waals surface area contributed by atoms with Gasteiger partial charge in [0.15, 0.2) is 0 Å². The van der Waals surface area contributed by atoms with E-state index in [1.165, 1.54) is 154 Å². The first-order valence-electron chi connectivity index (χ1n) is 23.3. The van der Waals surface area contributed by atoms with Gasteiger partial charge in [0.05, 0.1) is 11.8 Å². The lowest BCUT2D eigenvalue weighted by molar-refractivity contribution is -0.139. The minimum absolute atomic E-state index is 0.169. The average Bonchev–Trinajstić information content (AvgIpc) is 3.13. The first-order valence-corrected chi connectivity index (χ1v) is 23.3. The SMILES string of the molecule is CCCCCC(CCCCC)CCCCCCC(C)C(=O)Oc1cc(CN(C)C)cc(OC(=O)C(C)CCCCCCC(CCCCC)CCCCC)c1. The molecule has 0 aliphatic rings. The van der Waals surface area contributed by atoms with Crippen molar-refractivity contribution in [3.63, 3.8) is 0 Å². The Balaban J connectivity index is 2.55. The molecule has 0 saturated heterocycles. The molecule has 0 aliphatic heterocycles. The Morgan fingerprint density at radius 2 is 0.759 bits per heavy atom. The molecule has 1 rings (SSSR count). The fourth-order valence-corrected chi connectivity index (χ4v) is 7.95. The van der Waals surface area contributed by atoms with E-state index in [9.17, 15) is 9.59 Å². The molecule has 0 radical (unpaired) electrons. The molecule has 0 N–H and O–H groups in total. The number of esters is 2. The van der Waals surface area contributed by atoms with Gasteiger partial charge in [-0.25, -0.2) is 0 Å². The van der Waals surface area contributed by atoms with Crippen LogP contribution in [0, 0.1) is 23.7 Å². The molecule has 0 aromatic heterocycles. The summed E-state index contributed by atoms with van der Waals surface area (Å²) in [4.78, 5) is 28.4.